The van der Waals surface area contributed by atoms with Crippen LogP contribution >= 0.6 is 0 Å². The maximum atomic E-state index is 13.3. The van der Waals surface area contributed by atoms with Crippen molar-refractivity contribution in [3.05, 3.63) is 89.6 Å². The van der Waals surface area contributed by atoms with E-state index in [1.54, 1.807) is 18.3 Å². The molecule has 0 atom stereocenters. The van der Waals surface area contributed by atoms with Crippen LogP contribution in [0.15, 0.2) is 66.9 Å². The Morgan fingerprint density at radius 3 is 2.53 bits per heavy atom. The first-order valence-corrected chi connectivity index (χ1v) is 10.9. The summed E-state index contributed by atoms with van der Waals surface area (Å²) < 4.78 is 15.3. The van der Waals surface area contributed by atoms with Crippen LogP contribution in [0.5, 0.6) is 0 Å². The predicted octanol–water partition coefficient (Wildman–Crippen LogP) is 5.70. The molecule has 0 aliphatic heterocycles. The van der Waals surface area contributed by atoms with E-state index in [4.69, 9.17) is 4.98 Å². The molecule has 0 unspecified atom stereocenters. The molecule has 0 radical (unpaired) electrons. The van der Waals surface area contributed by atoms with Crippen molar-refractivity contribution in [2.45, 2.75) is 45.6 Å². The van der Waals surface area contributed by atoms with Gasteiger partial charge in [-0.3, -0.25) is 4.79 Å². The van der Waals surface area contributed by atoms with Gasteiger partial charge in [0.1, 0.15) is 17.2 Å². The summed E-state index contributed by atoms with van der Waals surface area (Å²) in [6, 6.07) is 18.2. The number of aryl methyl sites for hydroxylation is 1. The number of carbonyl (C=O) groups excluding carboxylic acids is 1. The molecule has 2 aromatic heterocycles. The number of amides is 1. The summed E-state index contributed by atoms with van der Waals surface area (Å²) in [7, 11) is 0. The molecule has 5 nitrogen and oxygen atoms in total. The molecule has 0 bridgehead atoms. The third kappa shape index (κ3) is 5.19. The normalized spacial score (nSPS) is 11.2. The van der Waals surface area contributed by atoms with Gasteiger partial charge in [0.2, 0.25) is 5.91 Å². The monoisotopic (exact) mass is 430 g/mol. The van der Waals surface area contributed by atoms with Crippen LogP contribution in [0.4, 0.5) is 10.1 Å². The lowest BCUT2D eigenvalue weighted by molar-refractivity contribution is -0.116. The number of nitrogens with zero attached hydrogens (tertiary/aromatic N) is 3. The van der Waals surface area contributed by atoms with Crippen molar-refractivity contribution in [3.8, 4) is 0 Å². The molecule has 0 saturated carbocycles. The number of imidazole rings is 1. The Morgan fingerprint density at radius 2 is 1.81 bits per heavy atom. The maximum absolute atomic E-state index is 13.3. The second kappa shape index (κ2) is 9.73. The van der Waals surface area contributed by atoms with Crippen LogP contribution in [0, 0.1) is 5.82 Å². The highest BCUT2D eigenvalue weighted by Crippen LogP contribution is 2.19. The predicted molar refractivity (Wildman–Crippen MR) is 125 cm³/mol. The third-order valence-corrected chi connectivity index (χ3v) is 5.50. The Morgan fingerprint density at radius 1 is 1.06 bits per heavy atom. The summed E-state index contributed by atoms with van der Waals surface area (Å²) in [6.07, 6.45) is 3.46. The number of fused-ring (bicyclic) bond motifs is 1. The number of benzene rings is 2. The van der Waals surface area contributed by atoms with Crippen LogP contribution in [0.2, 0.25) is 0 Å². The summed E-state index contributed by atoms with van der Waals surface area (Å²) in [4.78, 5) is 21.6. The number of nitrogens with one attached hydrogen (secondary N) is 1. The molecule has 2 aromatic carbocycles. The van der Waals surface area contributed by atoms with E-state index in [-0.39, 0.29) is 11.7 Å². The van der Waals surface area contributed by atoms with Crippen LogP contribution in [-0.4, -0.2) is 20.4 Å². The smallest absolute Gasteiger partial charge is 0.224 e. The number of rotatable bonds is 8. The summed E-state index contributed by atoms with van der Waals surface area (Å²) in [5.41, 5.74) is 4.64. The van der Waals surface area contributed by atoms with E-state index in [0.717, 1.165) is 28.2 Å². The lowest BCUT2D eigenvalue weighted by Gasteiger charge is -2.10. The van der Waals surface area contributed by atoms with Crippen molar-refractivity contribution in [2.75, 3.05) is 5.32 Å². The second-order valence-electron chi connectivity index (χ2n) is 8.27. The molecular weight excluding hydrogens is 403 g/mol. The molecule has 4 rings (SSSR count). The quantitative estimate of drug-likeness (QED) is 0.390. The van der Waals surface area contributed by atoms with Crippen molar-refractivity contribution < 1.29 is 9.18 Å². The van der Waals surface area contributed by atoms with Crippen LogP contribution in [-0.2, 0) is 17.8 Å². The van der Waals surface area contributed by atoms with Gasteiger partial charge >= 0.3 is 0 Å². The molecule has 0 aliphatic rings. The van der Waals surface area contributed by atoms with Crippen molar-refractivity contribution in [1.82, 2.24) is 14.5 Å². The average molecular weight is 431 g/mol. The zero-order chi connectivity index (χ0) is 22.5. The van der Waals surface area contributed by atoms with Gasteiger partial charge in [0, 0.05) is 24.7 Å². The van der Waals surface area contributed by atoms with Crippen LogP contribution in [0.3, 0.4) is 0 Å². The van der Waals surface area contributed by atoms with Crippen molar-refractivity contribution >= 4 is 22.8 Å². The van der Waals surface area contributed by atoms with E-state index in [2.05, 4.69) is 24.1 Å². The Kier molecular flexibility index (Phi) is 6.59. The molecule has 6 heteroatoms. The van der Waals surface area contributed by atoms with Crippen LogP contribution in [0.25, 0.3) is 11.2 Å². The van der Waals surface area contributed by atoms with Crippen LogP contribution in [0.1, 0.15) is 49.6 Å². The summed E-state index contributed by atoms with van der Waals surface area (Å²) in [5.74, 6) is 1.06. The molecular formula is C26H27FN4O. The van der Waals surface area contributed by atoms with Gasteiger partial charge < -0.3 is 9.88 Å². The third-order valence-electron chi connectivity index (χ3n) is 5.50. The standard InChI is InChI=1S/C26H27FN4O/c1-18(2)20-10-14-22(15-11-20)29-25(32)7-3-6-24-30-23-5-4-16-28-26(23)31(24)17-19-8-12-21(27)13-9-19/h4-5,8-16,18H,3,6-7,17H2,1-2H3,(H,29,32). The zero-order valence-electron chi connectivity index (χ0n) is 18.4. The topological polar surface area (TPSA) is 59.8 Å². The number of halogens is 1. The minimum absolute atomic E-state index is 0.0124. The highest BCUT2D eigenvalue weighted by atomic mass is 19.1. The first-order valence-electron chi connectivity index (χ1n) is 10.9. The molecule has 164 valence electrons. The van der Waals surface area contributed by atoms with Gasteiger partial charge in [-0.1, -0.05) is 38.1 Å². The Balaban J connectivity index is 1.41. The molecule has 0 spiro atoms. The van der Waals surface area contributed by atoms with Gasteiger partial charge in [-0.05, 0) is 59.9 Å². The van der Waals surface area contributed by atoms with E-state index in [0.29, 0.717) is 31.7 Å². The maximum Gasteiger partial charge on any atom is 0.224 e. The fourth-order valence-corrected chi connectivity index (χ4v) is 3.72. The van der Waals surface area contributed by atoms with E-state index < -0.39 is 0 Å². The van der Waals surface area contributed by atoms with E-state index in [1.807, 2.05) is 41.0 Å². The Bertz CT molecular complexity index is 1200. The Hall–Kier alpha value is -3.54. The van der Waals surface area contributed by atoms with E-state index >= 15 is 0 Å². The highest BCUT2D eigenvalue weighted by Gasteiger charge is 2.13. The lowest BCUT2D eigenvalue weighted by Crippen LogP contribution is -2.12. The number of carbonyl (C=O) groups is 1. The van der Waals surface area contributed by atoms with Crippen molar-refractivity contribution in [1.29, 1.82) is 0 Å². The zero-order valence-corrected chi connectivity index (χ0v) is 18.4. The summed E-state index contributed by atoms with van der Waals surface area (Å²) in [6.45, 7) is 4.84. The lowest BCUT2D eigenvalue weighted by atomic mass is 10.0. The molecule has 2 heterocycles. The number of pyridine rings is 1. The summed E-state index contributed by atoms with van der Waals surface area (Å²) in [5, 5.41) is 2.97. The molecule has 1 amide bonds. The van der Waals surface area contributed by atoms with Gasteiger partial charge in [-0.25, -0.2) is 14.4 Å². The van der Waals surface area contributed by atoms with Gasteiger partial charge in [0.15, 0.2) is 5.65 Å². The molecule has 1 N–H and O–H groups in total. The largest absolute Gasteiger partial charge is 0.326 e. The number of hydrogen-bond acceptors (Lipinski definition) is 3. The molecule has 0 saturated heterocycles. The van der Waals surface area contributed by atoms with Gasteiger partial charge in [0.25, 0.3) is 0 Å². The number of hydrogen-bond donors (Lipinski definition) is 1. The number of aromatic nitrogens is 3. The van der Waals surface area contributed by atoms with Gasteiger partial charge in [-0.2, -0.15) is 0 Å². The van der Waals surface area contributed by atoms with Crippen LogP contribution < -0.4 is 5.32 Å². The van der Waals surface area contributed by atoms with E-state index in [9.17, 15) is 9.18 Å². The summed E-state index contributed by atoms with van der Waals surface area (Å²) >= 11 is 0. The number of anilines is 1. The molecule has 0 aliphatic carbocycles. The fraction of sp³-hybridized carbons (Fsp3) is 0.269. The van der Waals surface area contributed by atoms with Crippen molar-refractivity contribution in [2.24, 2.45) is 0 Å². The van der Waals surface area contributed by atoms with Gasteiger partial charge in [0.05, 0.1) is 6.54 Å². The Labute approximate surface area is 187 Å². The molecule has 0 fully saturated rings. The van der Waals surface area contributed by atoms with Gasteiger partial charge in [-0.15, -0.1) is 0 Å². The molecule has 4 aromatic rings. The fourth-order valence-electron chi connectivity index (χ4n) is 3.72. The SMILES string of the molecule is CC(C)c1ccc(NC(=O)CCCc2nc3cccnc3n2Cc2ccc(F)cc2)cc1. The van der Waals surface area contributed by atoms with Crippen molar-refractivity contribution in [3.63, 3.8) is 0 Å². The second-order valence-corrected chi connectivity index (χ2v) is 8.27. The first-order chi connectivity index (χ1) is 15.5. The van der Waals surface area contributed by atoms with E-state index in [1.165, 1.54) is 17.7 Å². The first kappa shape index (κ1) is 21.7. The minimum atomic E-state index is -0.257. The average Bonchev–Trinajstić information content (AvgIpc) is 3.13. The minimum Gasteiger partial charge on any atom is -0.326 e. The highest BCUT2D eigenvalue weighted by molar-refractivity contribution is 5.90. The molecule has 32 heavy (non-hydrogen) atoms.